The molecule has 1 aliphatic rings. The summed E-state index contributed by atoms with van der Waals surface area (Å²) in [4.78, 5) is 13.9. The fraction of sp³-hybridized carbons (Fsp3) is 0.190. The zero-order valence-corrected chi connectivity index (χ0v) is 16.3. The van der Waals surface area contributed by atoms with Gasteiger partial charge >= 0.3 is 0 Å². The molecular formula is C21H18N4S2. The Morgan fingerprint density at radius 2 is 1.89 bits per heavy atom. The third-order valence-electron chi connectivity index (χ3n) is 4.53. The summed E-state index contributed by atoms with van der Waals surface area (Å²) in [5.41, 5.74) is 4.46. The van der Waals surface area contributed by atoms with E-state index in [9.17, 15) is 0 Å². The first-order valence-electron chi connectivity index (χ1n) is 9.00. The molecule has 3 aromatic heterocycles. The van der Waals surface area contributed by atoms with E-state index in [4.69, 9.17) is 9.97 Å². The minimum atomic E-state index is 0.588. The van der Waals surface area contributed by atoms with Crippen molar-refractivity contribution in [2.75, 3.05) is 0 Å². The van der Waals surface area contributed by atoms with Crippen LogP contribution in [0.2, 0.25) is 0 Å². The van der Waals surface area contributed by atoms with Gasteiger partial charge in [-0.3, -0.25) is 4.98 Å². The van der Waals surface area contributed by atoms with Gasteiger partial charge in [-0.05, 0) is 30.5 Å². The fourth-order valence-corrected chi connectivity index (χ4v) is 4.92. The highest BCUT2D eigenvalue weighted by Crippen LogP contribution is 2.42. The van der Waals surface area contributed by atoms with Gasteiger partial charge in [0.05, 0.1) is 23.3 Å². The van der Waals surface area contributed by atoms with Crippen molar-refractivity contribution in [1.82, 2.24) is 19.5 Å². The third kappa shape index (κ3) is 3.55. The van der Waals surface area contributed by atoms with E-state index in [0.29, 0.717) is 6.04 Å². The SMILES string of the molecule is c1ccc(-c2cnc(SCc3csc(-c4ccccn4)n3)n2C2CC2)cc1. The second-order valence-corrected chi connectivity index (χ2v) is 8.34. The number of pyridine rings is 1. The van der Waals surface area contributed by atoms with Crippen molar-refractivity contribution >= 4 is 23.1 Å². The van der Waals surface area contributed by atoms with Gasteiger partial charge in [0.25, 0.3) is 0 Å². The molecule has 0 unspecified atom stereocenters. The second kappa shape index (κ2) is 7.29. The molecule has 4 aromatic rings. The maximum Gasteiger partial charge on any atom is 0.169 e. The summed E-state index contributed by atoms with van der Waals surface area (Å²) in [5, 5.41) is 4.19. The van der Waals surface area contributed by atoms with E-state index in [1.165, 1.54) is 24.1 Å². The highest BCUT2D eigenvalue weighted by atomic mass is 32.2. The molecule has 1 aromatic carbocycles. The average molecular weight is 391 g/mol. The lowest BCUT2D eigenvalue weighted by Gasteiger charge is -2.10. The largest absolute Gasteiger partial charge is 0.316 e. The smallest absolute Gasteiger partial charge is 0.169 e. The summed E-state index contributed by atoms with van der Waals surface area (Å²) < 4.78 is 2.41. The van der Waals surface area contributed by atoms with Crippen LogP contribution in [0, 0.1) is 0 Å². The summed E-state index contributed by atoms with van der Waals surface area (Å²) in [5.74, 6) is 0.821. The molecular weight excluding hydrogens is 372 g/mol. The van der Waals surface area contributed by atoms with Gasteiger partial charge in [0.1, 0.15) is 5.01 Å². The van der Waals surface area contributed by atoms with Crippen molar-refractivity contribution in [2.45, 2.75) is 29.8 Å². The molecule has 3 heterocycles. The first-order valence-corrected chi connectivity index (χ1v) is 10.9. The Balaban J connectivity index is 1.36. The number of benzene rings is 1. The van der Waals surface area contributed by atoms with E-state index in [1.807, 2.05) is 30.6 Å². The molecule has 0 amide bonds. The number of hydrogen-bond acceptors (Lipinski definition) is 5. The summed E-state index contributed by atoms with van der Waals surface area (Å²) in [7, 11) is 0. The minimum Gasteiger partial charge on any atom is -0.316 e. The van der Waals surface area contributed by atoms with Gasteiger partial charge in [-0.15, -0.1) is 11.3 Å². The van der Waals surface area contributed by atoms with Crippen LogP contribution in [0.15, 0.2) is 71.5 Å². The predicted molar refractivity (Wildman–Crippen MR) is 111 cm³/mol. The van der Waals surface area contributed by atoms with E-state index < -0.39 is 0 Å². The van der Waals surface area contributed by atoms with Crippen LogP contribution in [0.3, 0.4) is 0 Å². The monoisotopic (exact) mass is 390 g/mol. The minimum absolute atomic E-state index is 0.588. The number of thiazole rings is 1. The summed E-state index contributed by atoms with van der Waals surface area (Å²) in [6, 6.07) is 17.0. The summed E-state index contributed by atoms with van der Waals surface area (Å²) in [6.45, 7) is 0. The zero-order valence-electron chi connectivity index (χ0n) is 14.7. The Bertz CT molecular complexity index is 1040. The Labute approximate surface area is 166 Å². The molecule has 1 aliphatic carbocycles. The van der Waals surface area contributed by atoms with Crippen LogP contribution >= 0.6 is 23.1 Å². The fourth-order valence-electron chi connectivity index (χ4n) is 3.08. The number of imidazole rings is 1. The van der Waals surface area contributed by atoms with Gasteiger partial charge in [-0.1, -0.05) is 48.2 Å². The molecule has 0 saturated heterocycles. The van der Waals surface area contributed by atoms with E-state index >= 15 is 0 Å². The highest BCUT2D eigenvalue weighted by Gasteiger charge is 2.29. The number of aromatic nitrogens is 4. The molecule has 1 saturated carbocycles. The van der Waals surface area contributed by atoms with Crippen LogP contribution in [0.25, 0.3) is 22.0 Å². The van der Waals surface area contributed by atoms with Crippen LogP contribution in [0.5, 0.6) is 0 Å². The molecule has 0 N–H and O–H groups in total. The van der Waals surface area contributed by atoms with Crippen molar-refractivity contribution in [3.05, 3.63) is 72.0 Å². The van der Waals surface area contributed by atoms with Crippen LogP contribution in [0.4, 0.5) is 0 Å². The summed E-state index contributed by atoms with van der Waals surface area (Å²) in [6.07, 6.45) is 6.30. The predicted octanol–water partition coefficient (Wildman–Crippen LogP) is 5.70. The highest BCUT2D eigenvalue weighted by molar-refractivity contribution is 7.98. The molecule has 0 radical (unpaired) electrons. The molecule has 0 spiro atoms. The first kappa shape index (κ1) is 16.7. The molecule has 0 atom stereocenters. The van der Waals surface area contributed by atoms with Crippen molar-refractivity contribution in [2.24, 2.45) is 0 Å². The quantitative estimate of drug-likeness (QED) is 0.396. The number of rotatable bonds is 6. The third-order valence-corrected chi connectivity index (χ3v) is 6.44. The first-order chi connectivity index (χ1) is 13.4. The van der Waals surface area contributed by atoms with Crippen LogP contribution in [0.1, 0.15) is 24.6 Å². The Morgan fingerprint density at radius 1 is 1.04 bits per heavy atom. The second-order valence-electron chi connectivity index (χ2n) is 6.54. The van der Waals surface area contributed by atoms with E-state index in [2.05, 4.69) is 45.3 Å². The zero-order chi connectivity index (χ0) is 18.1. The average Bonchev–Trinajstić information content (AvgIpc) is 3.30. The molecule has 134 valence electrons. The molecule has 5 rings (SSSR count). The van der Waals surface area contributed by atoms with E-state index in [1.54, 1.807) is 23.1 Å². The van der Waals surface area contributed by atoms with Gasteiger partial charge in [0.15, 0.2) is 5.16 Å². The number of hydrogen-bond donors (Lipinski definition) is 0. The standard InChI is InChI=1S/C21H18N4S2/c1-2-6-15(7-3-1)19-12-23-21(25(19)17-9-10-17)27-14-16-13-26-20(24-16)18-8-4-5-11-22-18/h1-8,11-13,17H,9-10,14H2. The van der Waals surface area contributed by atoms with E-state index in [-0.39, 0.29) is 0 Å². The number of thioether (sulfide) groups is 1. The molecule has 27 heavy (non-hydrogen) atoms. The van der Waals surface area contributed by atoms with Gasteiger partial charge in [0, 0.05) is 23.4 Å². The van der Waals surface area contributed by atoms with Crippen LogP contribution in [-0.4, -0.2) is 19.5 Å². The molecule has 6 heteroatoms. The van der Waals surface area contributed by atoms with Crippen molar-refractivity contribution < 1.29 is 0 Å². The normalized spacial score (nSPS) is 13.8. The van der Waals surface area contributed by atoms with Gasteiger partial charge < -0.3 is 4.57 Å². The lowest BCUT2D eigenvalue weighted by Crippen LogP contribution is -1.99. The maximum absolute atomic E-state index is 4.75. The summed E-state index contributed by atoms with van der Waals surface area (Å²) >= 11 is 3.42. The molecule has 0 aliphatic heterocycles. The molecule has 1 fully saturated rings. The van der Waals surface area contributed by atoms with E-state index in [0.717, 1.165) is 27.3 Å². The van der Waals surface area contributed by atoms with Gasteiger partial charge in [0.2, 0.25) is 0 Å². The molecule has 4 nitrogen and oxygen atoms in total. The number of nitrogens with zero attached hydrogens (tertiary/aromatic N) is 4. The van der Waals surface area contributed by atoms with Gasteiger partial charge in [-0.2, -0.15) is 0 Å². The van der Waals surface area contributed by atoms with Gasteiger partial charge in [-0.25, -0.2) is 9.97 Å². The Hall–Kier alpha value is -2.44. The van der Waals surface area contributed by atoms with Crippen molar-refractivity contribution in [3.63, 3.8) is 0 Å². The Morgan fingerprint density at radius 3 is 2.67 bits per heavy atom. The Kier molecular flexibility index (Phi) is 4.51. The van der Waals surface area contributed by atoms with Crippen LogP contribution < -0.4 is 0 Å². The van der Waals surface area contributed by atoms with Crippen molar-refractivity contribution in [1.29, 1.82) is 0 Å². The molecule has 0 bridgehead atoms. The maximum atomic E-state index is 4.75. The van der Waals surface area contributed by atoms with Crippen molar-refractivity contribution in [3.8, 4) is 22.0 Å². The lowest BCUT2D eigenvalue weighted by molar-refractivity contribution is 0.669. The topological polar surface area (TPSA) is 43.6 Å². The lowest BCUT2D eigenvalue weighted by atomic mass is 10.2. The van der Waals surface area contributed by atoms with Crippen LogP contribution in [-0.2, 0) is 5.75 Å².